The zero-order valence-electron chi connectivity index (χ0n) is 22.9. The molecule has 0 saturated carbocycles. The second kappa shape index (κ2) is 16.7. The van der Waals surface area contributed by atoms with Gasteiger partial charge in [-0.25, -0.2) is 4.98 Å². The fraction of sp³-hybridized carbons (Fsp3) is 0.625. The second-order valence-corrected chi connectivity index (χ2v) is 11.5. The third-order valence-electron chi connectivity index (χ3n) is 7.26. The maximum atomic E-state index is 11.8. The number of benzene rings is 2. The van der Waals surface area contributed by atoms with Gasteiger partial charge < -0.3 is 4.90 Å². The summed E-state index contributed by atoms with van der Waals surface area (Å²) in [5.74, 6) is 0. The highest BCUT2D eigenvalue weighted by molar-refractivity contribution is 7.21. The molecule has 0 unspecified atom stereocenters. The molecule has 0 fully saturated rings. The van der Waals surface area contributed by atoms with Crippen molar-refractivity contribution in [2.24, 2.45) is 0 Å². The van der Waals surface area contributed by atoms with Gasteiger partial charge in [0.25, 0.3) is 0 Å². The number of fused-ring (bicyclic) bond motifs is 2. The molecule has 1 heterocycles. The maximum absolute atomic E-state index is 11.8. The van der Waals surface area contributed by atoms with Gasteiger partial charge in [-0.15, -0.1) is 11.3 Å². The molecular formula is C32H48N2OS. The molecule has 0 aromatic heterocycles. The van der Waals surface area contributed by atoms with Crippen molar-refractivity contribution in [1.29, 1.82) is 0 Å². The second-order valence-electron chi connectivity index (χ2n) is 10.4. The molecule has 0 N–H and O–H groups in total. The van der Waals surface area contributed by atoms with Gasteiger partial charge in [-0.05, 0) is 43.2 Å². The van der Waals surface area contributed by atoms with E-state index in [1.807, 2.05) is 6.07 Å². The SMILES string of the molecule is CCCCCCCCCCCCCCCN(CCCCC)c1ccc2nc3ccc(=O)cc-3sc2c1. The van der Waals surface area contributed by atoms with E-state index in [1.54, 1.807) is 23.5 Å². The van der Waals surface area contributed by atoms with Gasteiger partial charge in [-0.1, -0.05) is 104 Å². The monoisotopic (exact) mass is 508 g/mol. The Hall–Kier alpha value is -1.94. The van der Waals surface area contributed by atoms with Crippen molar-refractivity contribution in [3.63, 3.8) is 0 Å². The van der Waals surface area contributed by atoms with Crippen LogP contribution >= 0.6 is 11.3 Å². The van der Waals surface area contributed by atoms with E-state index in [2.05, 4.69) is 36.9 Å². The summed E-state index contributed by atoms with van der Waals surface area (Å²) < 4.78 is 1.16. The highest BCUT2D eigenvalue weighted by Gasteiger charge is 2.11. The van der Waals surface area contributed by atoms with Gasteiger partial charge in [0, 0.05) is 24.8 Å². The predicted molar refractivity (Wildman–Crippen MR) is 160 cm³/mol. The molecule has 1 aromatic rings. The van der Waals surface area contributed by atoms with Crippen LogP contribution in [0.25, 0.3) is 20.8 Å². The highest BCUT2D eigenvalue weighted by atomic mass is 32.1. The highest BCUT2D eigenvalue weighted by Crippen LogP contribution is 2.32. The Morgan fingerprint density at radius 3 is 1.86 bits per heavy atom. The molecule has 0 atom stereocenters. The molecule has 3 nitrogen and oxygen atoms in total. The summed E-state index contributed by atoms with van der Waals surface area (Å²) in [6.07, 6.45) is 21.9. The summed E-state index contributed by atoms with van der Waals surface area (Å²) in [7, 11) is 0. The molecule has 0 bridgehead atoms. The van der Waals surface area contributed by atoms with Gasteiger partial charge >= 0.3 is 0 Å². The van der Waals surface area contributed by atoms with E-state index < -0.39 is 0 Å². The molecule has 1 aliphatic heterocycles. The van der Waals surface area contributed by atoms with E-state index in [0.29, 0.717) is 0 Å². The number of hydrogen-bond donors (Lipinski definition) is 0. The lowest BCUT2D eigenvalue weighted by Gasteiger charge is -2.25. The first kappa shape index (κ1) is 28.6. The summed E-state index contributed by atoms with van der Waals surface area (Å²) in [6.45, 7) is 6.81. The summed E-state index contributed by atoms with van der Waals surface area (Å²) in [6, 6.07) is 11.8. The molecule has 2 aliphatic rings. The minimum absolute atomic E-state index is 0.0552. The Bertz CT molecular complexity index is 1030. The molecule has 36 heavy (non-hydrogen) atoms. The van der Waals surface area contributed by atoms with Crippen LogP contribution in [0.5, 0.6) is 0 Å². The number of anilines is 1. The molecule has 0 saturated heterocycles. The van der Waals surface area contributed by atoms with Crippen LogP contribution in [0, 0.1) is 0 Å². The normalized spacial score (nSPS) is 11.5. The van der Waals surface area contributed by atoms with Crippen molar-refractivity contribution in [3.8, 4) is 10.6 Å². The lowest BCUT2D eigenvalue weighted by Crippen LogP contribution is -2.25. The van der Waals surface area contributed by atoms with E-state index in [0.717, 1.165) is 33.9 Å². The van der Waals surface area contributed by atoms with Gasteiger partial charge in [0.15, 0.2) is 5.43 Å². The molecule has 0 radical (unpaired) electrons. The lowest BCUT2D eigenvalue weighted by atomic mass is 10.0. The van der Waals surface area contributed by atoms with Crippen molar-refractivity contribution in [2.75, 3.05) is 18.0 Å². The zero-order valence-corrected chi connectivity index (χ0v) is 23.7. The molecule has 198 valence electrons. The fourth-order valence-corrected chi connectivity index (χ4v) is 6.06. The summed E-state index contributed by atoms with van der Waals surface area (Å²) in [5.41, 5.74) is 3.28. The third-order valence-corrected chi connectivity index (χ3v) is 8.36. The molecule has 4 heteroatoms. The smallest absolute Gasteiger partial charge is 0.180 e. The number of nitrogens with zero attached hydrogens (tertiary/aromatic N) is 2. The lowest BCUT2D eigenvalue weighted by molar-refractivity contribution is 0.537. The van der Waals surface area contributed by atoms with Crippen molar-refractivity contribution >= 4 is 27.2 Å². The molecule has 1 aromatic carbocycles. The first-order chi connectivity index (χ1) is 17.7. The van der Waals surface area contributed by atoms with Gasteiger partial charge in [-0.3, -0.25) is 4.79 Å². The Balaban J connectivity index is 1.45. The van der Waals surface area contributed by atoms with Crippen LogP contribution in [0.2, 0.25) is 0 Å². The Kier molecular flexibility index (Phi) is 13.3. The van der Waals surface area contributed by atoms with E-state index in [1.165, 1.54) is 108 Å². The Morgan fingerprint density at radius 1 is 0.667 bits per heavy atom. The van der Waals surface area contributed by atoms with Crippen LogP contribution < -0.4 is 10.3 Å². The van der Waals surface area contributed by atoms with Crippen molar-refractivity contribution in [2.45, 2.75) is 117 Å². The van der Waals surface area contributed by atoms with Crippen LogP contribution in [-0.4, -0.2) is 18.1 Å². The maximum Gasteiger partial charge on any atom is 0.180 e. The topological polar surface area (TPSA) is 33.2 Å². The number of hydrogen-bond acceptors (Lipinski definition) is 4. The summed E-state index contributed by atoms with van der Waals surface area (Å²) in [4.78, 5) is 20.2. The van der Waals surface area contributed by atoms with Crippen molar-refractivity contribution < 1.29 is 0 Å². The van der Waals surface area contributed by atoms with Crippen LogP contribution in [0.4, 0.5) is 5.69 Å². The molecular weight excluding hydrogens is 460 g/mol. The van der Waals surface area contributed by atoms with E-state index in [4.69, 9.17) is 4.98 Å². The number of unbranched alkanes of at least 4 members (excludes halogenated alkanes) is 14. The van der Waals surface area contributed by atoms with E-state index in [9.17, 15) is 4.79 Å². The first-order valence-corrected chi connectivity index (χ1v) is 15.6. The van der Waals surface area contributed by atoms with E-state index >= 15 is 0 Å². The quantitative estimate of drug-likeness (QED) is 0.119. The fourth-order valence-electron chi connectivity index (χ4n) is 5.03. The largest absolute Gasteiger partial charge is 0.371 e. The van der Waals surface area contributed by atoms with Crippen LogP contribution in [0.1, 0.15) is 117 Å². The molecule has 1 aliphatic carbocycles. The molecule has 0 amide bonds. The first-order valence-electron chi connectivity index (χ1n) is 14.8. The predicted octanol–water partition coefficient (Wildman–Crippen LogP) is 9.85. The minimum atomic E-state index is 0.0552. The minimum Gasteiger partial charge on any atom is -0.371 e. The van der Waals surface area contributed by atoms with Gasteiger partial charge in [0.1, 0.15) is 0 Å². The summed E-state index contributed by atoms with van der Waals surface area (Å²) >= 11 is 1.68. The summed E-state index contributed by atoms with van der Waals surface area (Å²) in [5, 5.41) is 0. The van der Waals surface area contributed by atoms with Gasteiger partial charge in [-0.2, -0.15) is 0 Å². The number of rotatable bonds is 19. The zero-order chi connectivity index (χ0) is 25.4. The van der Waals surface area contributed by atoms with Gasteiger partial charge in [0.05, 0.1) is 20.8 Å². The van der Waals surface area contributed by atoms with Crippen LogP contribution in [0.15, 0.2) is 41.2 Å². The average Bonchev–Trinajstić information content (AvgIpc) is 2.89. The van der Waals surface area contributed by atoms with Crippen molar-refractivity contribution in [1.82, 2.24) is 4.98 Å². The standard InChI is InChI=1S/C32H48N2OS/c1-3-5-7-8-9-10-11-12-13-14-15-16-18-24-34(23-17-6-4-2)27-19-21-29-31(25-27)36-32-26-28(35)20-22-30(32)33-29/h19-22,25-26H,3-18,23-24H2,1-2H3. The Labute approximate surface area is 223 Å². The number of aromatic nitrogens is 1. The van der Waals surface area contributed by atoms with Crippen LogP contribution in [-0.2, 0) is 0 Å². The average molecular weight is 509 g/mol. The van der Waals surface area contributed by atoms with Gasteiger partial charge in [0.2, 0.25) is 0 Å². The van der Waals surface area contributed by atoms with E-state index in [-0.39, 0.29) is 5.43 Å². The molecule has 0 spiro atoms. The van der Waals surface area contributed by atoms with Crippen molar-refractivity contribution in [3.05, 3.63) is 46.6 Å². The third kappa shape index (κ3) is 9.84. The Morgan fingerprint density at radius 2 is 1.22 bits per heavy atom. The molecule has 3 rings (SSSR count). The van der Waals surface area contributed by atoms with Crippen LogP contribution in [0.3, 0.4) is 0 Å².